The summed E-state index contributed by atoms with van der Waals surface area (Å²) in [6.45, 7) is 7.31. The Bertz CT molecular complexity index is 1170. The summed E-state index contributed by atoms with van der Waals surface area (Å²) in [6.07, 6.45) is 2.44. The molecule has 0 fully saturated rings. The van der Waals surface area contributed by atoms with Crippen LogP contribution in [0.5, 0.6) is 0 Å². The quantitative estimate of drug-likeness (QED) is 0.274. The fourth-order valence-electron chi connectivity index (χ4n) is 2.71. The van der Waals surface area contributed by atoms with Crippen LogP contribution in [0, 0.1) is 6.92 Å². The third kappa shape index (κ3) is 6.83. The molecule has 10 heteroatoms. The molecule has 0 aliphatic rings. The predicted molar refractivity (Wildman–Crippen MR) is 138 cm³/mol. The number of nitrogens with one attached hydrogen (secondary N) is 3. The lowest BCUT2D eigenvalue weighted by molar-refractivity contribution is 0.491. The second-order valence-electron chi connectivity index (χ2n) is 8.03. The Hall–Kier alpha value is -1.81. The van der Waals surface area contributed by atoms with E-state index in [1.165, 1.54) is 5.30 Å². The first kappa shape index (κ1) is 23.8. The highest BCUT2D eigenvalue weighted by Gasteiger charge is 2.22. The van der Waals surface area contributed by atoms with Crippen LogP contribution in [-0.4, -0.2) is 23.9 Å². The van der Waals surface area contributed by atoms with E-state index in [9.17, 15) is 8.42 Å². The van der Waals surface area contributed by atoms with Gasteiger partial charge in [-0.1, -0.05) is 40.2 Å². The molecule has 1 aromatic heterocycles. The lowest BCUT2D eigenvalue weighted by Crippen LogP contribution is -2.40. The van der Waals surface area contributed by atoms with Crippen LogP contribution in [0.2, 0.25) is 0 Å². The minimum Gasteiger partial charge on any atom is -0.340 e. The molecular weight excluding hydrogens is 544 g/mol. The molecule has 0 amide bonds. The highest BCUT2D eigenvalue weighted by atomic mass is 127. The van der Waals surface area contributed by atoms with Crippen molar-refractivity contribution in [2.24, 2.45) is 0 Å². The SMILES string of the molecule is Cc1cnc(Nc2ccc(PI)cc2)nc1Nc1cccc(S(=O)(=O)NC(C)(C)C)c1. The maximum atomic E-state index is 12.6. The van der Waals surface area contributed by atoms with Crippen molar-refractivity contribution in [3.63, 3.8) is 0 Å². The van der Waals surface area contributed by atoms with Crippen molar-refractivity contribution < 1.29 is 8.42 Å². The number of sulfonamides is 1. The van der Waals surface area contributed by atoms with Crippen LogP contribution in [0.15, 0.2) is 59.6 Å². The zero-order chi connectivity index (χ0) is 22.6. The number of aryl methyl sites for hydroxylation is 1. The molecule has 1 unspecified atom stereocenters. The van der Waals surface area contributed by atoms with E-state index in [4.69, 9.17) is 0 Å². The van der Waals surface area contributed by atoms with Crippen molar-refractivity contribution in [3.8, 4) is 0 Å². The first-order valence-corrected chi connectivity index (χ1v) is 15.1. The first-order valence-electron chi connectivity index (χ1n) is 9.54. The third-order valence-corrected chi connectivity index (χ3v) is 8.25. The molecule has 31 heavy (non-hydrogen) atoms. The number of rotatable bonds is 7. The van der Waals surface area contributed by atoms with Gasteiger partial charge in [-0.05, 0) is 69.6 Å². The normalized spacial score (nSPS) is 12.3. The number of nitrogens with zero attached hydrogens (tertiary/aromatic N) is 2. The highest BCUT2D eigenvalue weighted by molar-refractivity contribution is 14.2. The van der Waals surface area contributed by atoms with Gasteiger partial charge < -0.3 is 10.6 Å². The summed E-state index contributed by atoms with van der Waals surface area (Å²) in [4.78, 5) is 9.09. The number of aromatic nitrogens is 2. The number of benzene rings is 2. The van der Waals surface area contributed by atoms with E-state index in [1.54, 1.807) is 51.2 Å². The average molecular weight is 569 g/mol. The smallest absolute Gasteiger partial charge is 0.241 e. The largest absolute Gasteiger partial charge is 0.340 e. The van der Waals surface area contributed by atoms with Gasteiger partial charge in [-0.2, -0.15) is 4.98 Å². The second kappa shape index (κ2) is 9.77. The predicted octanol–water partition coefficient (Wildman–Crippen LogP) is 5.00. The van der Waals surface area contributed by atoms with Gasteiger partial charge in [0.1, 0.15) is 5.82 Å². The highest BCUT2D eigenvalue weighted by Crippen LogP contribution is 2.24. The molecule has 3 rings (SSSR count). The van der Waals surface area contributed by atoms with Gasteiger partial charge in [0.05, 0.1) is 4.90 Å². The van der Waals surface area contributed by atoms with Crippen LogP contribution in [-0.2, 0) is 10.0 Å². The Labute approximate surface area is 198 Å². The third-order valence-electron chi connectivity index (χ3n) is 4.07. The monoisotopic (exact) mass is 569 g/mol. The standard InChI is InChI=1S/C21H25IN5O2PS/c1-14-13-23-20(25-15-8-10-17(30-22)11-9-15)26-19(14)24-16-6-5-7-18(12-16)31(28,29)27-21(2,3)4/h5-13,27,30H,1-4H3,(H2,23,24,25,26). The lowest BCUT2D eigenvalue weighted by Gasteiger charge is -2.20. The van der Waals surface area contributed by atoms with E-state index in [-0.39, 0.29) is 4.90 Å². The van der Waals surface area contributed by atoms with Crippen LogP contribution in [0.25, 0.3) is 0 Å². The van der Waals surface area contributed by atoms with E-state index < -0.39 is 15.6 Å². The lowest BCUT2D eigenvalue weighted by atomic mass is 10.1. The molecule has 0 saturated heterocycles. The Morgan fingerprint density at radius 2 is 1.71 bits per heavy atom. The molecule has 0 saturated carbocycles. The van der Waals surface area contributed by atoms with E-state index in [1.807, 2.05) is 19.1 Å². The van der Waals surface area contributed by atoms with Gasteiger partial charge in [-0.25, -0.2) is 18.1 Å². The molecule has 0 bridgehead atoms. The second-order valence-corrected chi connectivity index (χ2v) is 12.1. The Balaban J connectivity index is 1.82. The van der Waals surface area contributed by atoms with Crippen molar-refractivity contribution in [2.75, 3.05) is 10.6 Å². The molecule has 2 aromatic carbocycles. The molecule has 0 aliphatic carbocycles. The van der Waals surface area contributed by atoms with Crippen molar-refractivity contribution >= 4 is 66.7 Å². The fraction of sp³-hybridized carbons (Fsp3) is 0.238. The van der Waals surface area contributed by atoms with Crippen LogP contribution in [0.3, 0.4) is 0 Å². The van der Waals surface area contributed by atoms with E-state index in [2.05, 4.69) is 59.5 Å². The van der Waals surface area contributed by atoms with E-state index in [0.29, 0.717) is 17.5 Å². The van der Waals surface area contributed by atoms with Gasteiger partial charge in [0, 0.05) is 28.7 Å². The summed E-state index contributed by atoms with van der Waals surface area (Å²) in [5.74, 6) is 1.05. The van der Waals surface area contributed by atoms with Crippen molar-refractivity contribution in [3.05, 3.63) is 60.3 Å². The summed E-state index contributed by atoms with van der Waals surface area (Å²) in [5, 5.41) is 7.68. The van der Waals surface area contributed by atoms with Gasteiger partial charge in [0.25, 0.3) is 0 Å². The molecule has 1 atom stereocenters. The minimum atomic E-state index is -3.63. The molecule has 0 spiro atoms. The molecule has 0 aliphatic heterocycles. The van der Waals surface area contributed by atoms with Gasteiger partial charge in [0.15, 0.2) is 0 Å². The summed E-state index contributed by atoms with van der Waals surface area (Å²) < 4.78 is 28.0. The Morgan fingerprint density at radius 1 is 1.00 bits per heavy atom. The summed E-state index contributed by atoms with van der Waals surface area (Å²) in [7, 11) is -3.63. The number of anilines is 4. The zero-order valence-corrected chi connectivity index (χ0v) is 21.7. The summed E-state index contributed by atoms with van der Waals surface area (Å²) >= 11 is 2.35. The molecule has 3 aromatic rings. The van der Waals surface area contributed by atoms with Crippen LogP contribution >= 0.6 is 28.3 Å². The van der Waals surface area contributed by atoms with Crippen LogP contribution in [0.4, 0.5) is 23.1 Å². The van der Waals surface area contributed by atoms with Crippen molar-refractivity contribution in [1.82, 2.24) is 14.7 Å². The minimum absolute atomic E-state index is 0.188. The maximum absolute atomic E-state index is 12.6. The molecule has 164 valence electrons. The fourth-order valence-corrected chi connectivity index (χ4v) is 5.55. The van der Waals surface area contributed by atoms with Gasteiger partial charge in [0.2, 0.25) is 16.0 Å². The maximum Gasteiger partial charge on any atom is 0.241 e. The van der Waals surface area contributed by atoms with E-state index in [0.717, 1.165) is 17.5 Å². The van der Waals surface area contributed by atoms with Gasteiger partial charge >= 0.3 is 0 Å². The summed E-state index contributed by atoms with van der Waals surface area (Å²) in [6, 6.07) is 14.8. The molecule has 7 nitrogen and oxygen atoms in total. The Morgan fingerprint density at radius 3 is 2.35 bits per heavy atom. The zero-order valence-electron chi connectivity index (χ0n) is 17.7. The summed E-state index contributed by atoms with van der Waals surface area (Å²) in [5.41, 5.74) is 1.79. The van der Waals surface area contributed by atoms with Crippen LogP contribution < -0.4 is 20.7 Å². The average Bonchev–Trinajstić information content (AvgIpc) is 2.69. The van der Waals surface area contributed by atoms with Gasteiger partial charge in [-0.15, -0.1) is 0 Å². The van der Waals surface area contributed by atoms with Crippen molar-refractivity contribution in [2.45, 2.75) is 38.1 Å². The Kier molecular flexibility index (Phi) is 7.51. The molecule has 1 heterocycles. The number of halogens is 1. The molecular formula is C21H25IN5O2PS. The van der Waals surface area contributed by atoms with Gasteiger partial charge in [-0.3, -0.25) is 0 Å². The number of hydrogen-bond donors (Lipinski definition) is 3. The molecule has 3 N–H and O–H groups in total. The topological polar surface area (TPSA) is 96.0 Å². The first-order chi connectivity index (χ1) is 14.6. The van der Waals surface area contributed by atoms with Crippen LogP contribution in [0.1, 0.15) is 26.3 Å². The van der Waals surface area contributed by atoms with E-state index >= 15 is 0 Å². The number of hydrogen-bond acceptors (Lipinski definition) is 6. The molecule has 0 radical (unpaired) electrons. The van der Waals surface area contributed by atoms with Crippen molar-refractivity contribution in [1.29, 1.82) is 0 Å².